The van der Waals surface area contributed by atoms with Crippen LogP contribution < -0.4 is 10.1 Å². The molecule has 0 aliphatic heterocycles. The number of halogens is 1. The molecule has 21 heavy (non-hydrogen) atoms. The maximum Gasteiger partial charge on any atom is 0.123 e. The molecule has 0 aromatic heterocycles. The van der Waals surface area contributed by atoms with Gasteiger partial charge in [-0.25, -0.2) is 4.39 Å². The number of benzene rings is 2. The van der Waals surface area contributed by atoms with Crippen LogP contribution in [0.2, 0.25) is 0 Å². The molecule has 0 aliphatic rings. The van der Waals surface area contributed by atoms with Gasteiger partial charge in [0.15, 0.2) is 0 Å². The van der Waals surface area contributed by atoms with E-state index in [1.54, 1.807) is 13.2 Å². The third-order valence-corrected chi connectivity index (χ3v) is 3.44. The highest BCUT2D eigenvalue weighted by molar-refractivity contribution is 5.30. The maximum atomic E-state index is 13.0. The number of aliphatic hydroxyl groups is 1. The van der Waals surface area contributed by atoms with Crippen molar-refractivity contribution in [3.05, 3.63) is 65.0 Å². The minimum Gasteiger partial charge on any atom is -0.497 e. The van der Waals surface area contributed by atoms with E-state index in [-0.39, 0.29) is 5.82 Å². The molecule has 2 N–H and O–H groups in total. The first kappa shape index (κ1) is 15.5. The van der Waals surface area contributed by atoms with Gasteiger partial charge in [-0.3, -0.25) is 0 Å². The van der Waals surface area contributed by atoms with Crippen molar-refractivity contribution in [2.24, 2.45) is 0 Å². The molecule has 0 fully saturated rings. The fourth-order valence-electron chi connectivity index (χ4n) is 2.17. The lowest BCUT2D eigenvalue weighted by Gasteiger charge is -2.14. The van der Waals surface area contributed by atoms with Crippen LogP contribution in [0.3, 0.4) is 0 Å². The van der Waals surface area contributed by atoms with Crippen LogP contribution in [0.25, 0.3) is 0 Å². The van der Waals surface area contributed by atoms with E-state index in [0.29, 0.717) is 13.1 Å². The second-order valence-corrected chi connectivity index (χ2v) is 4.99. The molecule has 0 heterocycles. The Hall–Kier alpha value is -1.91. The molecule has 2 aromatic carbocycles. The first-order valence-electron chi connectivity index (χ1n) is 6.88. The zero-order valence-corrected chi connectivity index (χ0v) is 12.3. The van der Waals surface area contributed by atoms with Gasteiger partial charge in [-0.2, -0.15) is 0 Å². The summed E-state index contributed by atoms with van der Waals surface area (Å²) in [4.78, 5) is 0. The second kappa shape index (κ2) is 7.20. The van der Waals surface area contributed by atoms with E-state index in [0.717, 1.165) is 22.4 Å². The highest BCUT2D eigenvalue weighted by atomic mass is 19.1. The van der Waals surface area contributed by atoms with Crippen molar-refractivity contribution >= 4 is 0 Å². The largest absolute Gasteiger partial charge is 0.497 e. The molecule has 3 nitrogen and oxygen atoms in total. The van der Waals surface area contributed by atoms with Gasteiger partial charge in [-0.15, -0.1) is 0 Å². The van der Waals surface area contributed by atoms with E-state index >= 15 is 0 Å². The van der Waals surface area contributed by atoms with Gasteiger partial charge >= 0.3 is 0 Å². The smallest absolute Gasteiger partial charge is 0.123 e. The van der Waals surface area contributed by atoms with Crippen molar-refractivity contribution < 1.29 is 14.2 Å². The van der Waals surface area contributed by atoms with Gasteiger partial charge in [0, 0.05) is 13.1 Å². The zero-order chi connectivity index (χ0) is 15.2. The van der Waals surface area contributed by atoms with E-state index in [4.69, 9.17) is 4.74 Å². The van der Waals surface area contributed by atoms with Crippen LogP contribution >= 0.6 is 0 Å². The van der Waals surface area contributed by atoms with E-state index in [2.05, 4.69) is 5.32 Å². The van der Waals surface area contributed by atoms with Crippen LogP contribution in [0.1, 0.15) is 22.8 Å². The highest BCUT2D eigenvalue weighted by Gasteiger charge is 2.08. The fourth-order valence-corrected chi connectivity index (χ4v) is 2.17. The van der Waals surface area contributed by atoms with Gasteiger partial charge in [0.05, 0.1) is 13.2 Å². The molecule has 112 valence electrons. The Morgan fingerprint density at radius 1 is 1.24 bits per heavy atom. The summed E-state index contributed by atoms with van der Waals surface area (Å²) in [6.07, 6.45) is -0.610. The Labute approximate surface area is 124 Å². The number of nitrogens with one attached hydrogen (secondary N) is 1. The van der Waals surface area contributed by atoms with Crippen LogP contribution in [-0.4, -0.2) is 18.8 Å². The second-order valence-electron chi connectivity index (χ2n) is 4.99. The summed E-state index contributed by atoms with van der Waals surface area (Å²) in [6.45, 7) is 2.88. The number of rotatable bonds is 6. The number of aliphatic hydroxyl groups excluding tert-OH is 1. The van der Waals surface area contributed by atoms with Crippen LogP contribution in [0.15, 0.2) is 42.5 Å². The van der Waals surface area contributed by atoms with Crippen molar-refractivity contribution in [2.75, 3.05) is 13.7 Å². The van der Waals surface area contributed by atoms with Crippen molar-refractivity contribution in [1.29, 1.82) is 0 Å². The lowest BCUT2D eigenvalue weighted by molar-refractivity contribution is 0.174. The molecular weight excluding hydrogens is 269 g/mol. The summed E-state index contributed by atoms with van der Waals surface area (Å²) in [6, 6.07) is 12.1. The number of methoxy groups -OCH3 is 1. The van der Waals surface area contributed by atoms with E-state index in [1.165, 1.54) is 12.1 Å². The van der Waals surface area contributed by atoms with Gasteiger partial charge in [0.1, 0.15) is 11.6 Å². The van der Waals surface area contributed by atoms with Crippen molar-refractivity contribution in [2.45, 2.75) is 19.6 Å². The maximum absolute atomic E-state index is 13.0. The van der Waals surface area contributed by atoms with E-state index in [9.17, 15) is 9.50 Å². The molecular formula is C17H20FNO2. The van der Waals surface area contributed by atoms with Crippen LogP contribution in [0, 0.1) is 12.7 Å². The summed E-state index contributed by atoms with van der Waals surface area (Å²) in [7, 11) is 1.60. The molecule has 2 rings (SSSR count). The quantitative estimate of drug-likeness (QED) is 0.859. The number of ether oxygens (including phenoxy) is 1. The normalized spacial score (nSPS) is 12.2. The average Bonchev–Trinajstić information content (AvgIpc) is 2.49. The Morgan fingerprint density at radius 2 is 2.05 bits per heavy atom. The summed E-state index contributed by atoms with van der Waals surface area (Å²) >= 11 is 0. The summed E-state index contributed by atoms with van der Waals surface area (Å²) in [5.74, 6) is 0.494. The van der Waals surface area contributed by atoms with Gasteiger partial charge in [-0.05, 0) is 47.9 Å². The van der Waals surface area contributed by atoms with Gasteiger partial charge in [0.25, 0.3) is 0 Å². The minimum absolute atomic E-state index is 0.229. The molecule has 0 saturated heterocycles. The molecule has 0 bridgehead atoms. The lowest BCUT2D eigenvalue weighted by atomic mass is 10.1. The molecule has 4 heteroatoms. The number of aryl methyl sites for hydroxylation is 1. The molecule has 2 aromatic rings. The minimum atomic E-state index is -0.610. The first-order valence-corrected chi connectivity index (χ1v) is 6.88. The zero-order valence-electron chi connectivity index (χ0n) is 12.3. The first-order chi connectivity index (χ1) is 10.1. The summed E-state index contributed by atoms with van der Waals surface area (Å²) in [5, 5.41) is 13.3. The monoisotopic (exact) mass is 289 g/mol. The van der Waals surface area contributed by atoms with Gasteiger partial charge < -0.3 is 15.2 Å². The van der Waals surface area contributed by atoms with Crippen molar-refractivity contribution in [3.8, 4) is 5.75 Å². The molecule has 0 amide bonds. The van der Waals surface area contributed by atoms with Crippen molar-refractivity contribution in [1.82, 2.24) is 5.32 Å². The SMILES string of the molecule is COc1cccc(C(O)CNCc2ccc(F)cc2C)c1. The number of hydrogen-bond donors (Lipinski definition) is 2. The van der Waals surface area contributed by atoms with E-state index in [1.807, 2.05) is 31.2 Å². The fraction of sp³-hybridized carbons (Fsp3) is 0.294. The third kappa shape index (κ3) is 4.28. The Balaban J connectivity index is 1.90. The summed E-state index contributed by atoms with van der Waals surface area (Å²) < 4.78 is 18.2. The molecule has 0 radical (unpaired) electrons. The molecule has 1 atom stereocenters. The predicted molar refractivity (Wildman–Crippen MR) is 80.8 cm³/mol. The molecule has 1 unspecified atom stereocenters. The standard InChI is InChI=1S/C17H20FNO2/c1-12-8-15(18)7-6-14(12)10-19-11-17(20)13-4-3-5-16(9-13)21-2/h3-9,17,19-20H,10-11H2,1-2H3. The van der Waals surface area contributed by atoms with Crippen LogP contribution in [0.4, 0.5) is 4.39 Å². The Bertz CT molecular complexity index is 601. The molecule has 0 saturated carbocycles. The summed E-state index contributed by atoms with van der Waals surface area (Å²) in [5.41, 5.74) is 2.73. The van der Waals surface area contributed by atoms with Gasteiger partial charge in [0.2, 0.25) is 0 Å². The van der Waals surface area contributed by atoms with Gasteiger partial charge in [-0.1, -0.05) is 18.2 Å². The topological polar surface area (TPSA) is 41.5 Å². The highest BCUT2D eigenvalue weighted by Crippen LogP contribution is 2.18. The number of hydrogen-bond acceptors (Lipinski definition) is 3. The predicted octanol–water partition coefficient (Wildman–Crippen LogP) is 2.97. The lowest BCUT2D eigenvalue weighted by Crippen LogP contribution is -2.21. The Kier molecular flexibility index (Phi) is 5.31. The van der Waals surface area contributed by atoms with E-state index < -0.39 is 6.10 Å². The Morgan fingerprint density at radius 3 is 2.76 bits per heavy atom. The molecule has 0 aliphatic carbocycles. The average molecular weight is 289 g/mol. The van der Waals surface area contributed by atoms with Crippen molar-refractivity contribution in [3.63, 3.8) is 0 Å². The third-order valence-electron chi connectivity index (χ3n) is 3.44. The van der Waals surface area contributed by atoms with Crippen LogP contribution in [-0.2, 0) is 6.54 Å². The van der Waals surface area contributed by atoms with Crippen LogP contribution in [0.5, 0.6) is 5.75 Å². The molecule has 0 spiro atoms.